The maximum atomic E-state index is 5.60. The number of rotatable bonds is 5. The van der Waals surface area contributed by atoms with E-state index in [1.807, 2.05) is 6.07 Å². The van der Waals surface area contributed by atoms with E-state index >= 15 is 0 Å². The smallest absolute Gasteiger partial charge is 0.204 e. The molecule has 0 heterocycles. The van der Waals surface area contributed by atoms with E-state index in [1.165, 1.54) is 29.5 Å². The van der Waals surface area contributed by atoms with Gasteiger partial charge in [0.1, 0.15) is 5.75 Å². The molecule has 0 N–H and O–H groups in total. The minimum atomic E-state index is 0.727. The lowest BCUT2D eigenvalue weighted by molar-refractivity contribution is 0.618. The molecule has 0 aliphatic rings. The van der Waals surface area contributed by atoms with Gasteiger partial charge in [0.15, 0.2) is 0 Å². The van der Waals surface area contributed by atoms with E-state index in [0.29, 0.717) is 0 Å². The van der Waals surface area contributed by atoms with Crippen LogP contribution >= 0.6 is 0 Å². The highest BCUT2D eigenvalue weighted by Gasteiger charge is 2.08. The first kappa shape index (κ1) is 12.9. The van der Waals surface area contributed by atoms with E-state index < -0.39 is 0 Å². The van der Waals surface area contributed by atoms with Crippen LogP contribution in [0.2, 0.25) is 0 Å². The summed E-state index contributed by atoms with van der Waals surface area (Å²) in [5, 5.41) is 0. The predicted octanol–water partition coefficient (Wildman–Crippen LogP) is 3.36. The molecule has 0 spiro atoms. The van der Waals surface area contributed by atoms with Crippen molar-refractivity contribution in [3.8, 4) is 16.9 Å². The SMILES string of the molecule is CCCCc1ccccc1-c1ccccc1O[SiH3]. The lowest BCUT2D eigenvalue weighted by Gasteiger charge is -2.13. The summed E-state index contributed by atoms with van der Waals surface area (Å²) in [6, 6.07) is 17.0. The molecule has 2 aromatic carbocycles. The Morgan fingerprint density at radius 1 is 0.944 bits per heavy atom. The molecule has 0 aromatic heterocycles. The third-order valence-corrected chi connectivity index (χ3v) is 3.65. The fraction of sp³-hybridized carbons (Fsp3) is 0.250. The van der Waals surface area contributed by atoms with Crippen molar-refractivity contribution in [3.05, 3.63) is 54.1 Å². The van der Waals surface area contributed by atoms with Crippen LogP contribution in [0.3, 0.4) is 0 Å². The van der Waals surface area contributed by atoms with Crippen LogP contribution in [-0.2, 0) is 6.42 Å². The molecule has 2 aromatic rings. The van der Waals surface area contributed by atoms with Gasteiger partial charge in [0.05, 0.1) is 0 Å². The van der Waals surface area contributed by atoms with Gasteiger partial charge in [-0.25, -0.2) is 0 Å². The Kier molecular flexibility index (Phi) is 4.59. The summed E-state index contributed by atoms with van der Waals surface area (Å²) in [7, 11) is 0.727. The van der Waals surface area contributed by atoms with Gasteiger partial charge < -0.3 is 4.43 Å². The minimum Gasteiger partial charge on any atom is -0.553 e. The van der Waals surface area contributed by atoms with Crippen LogP contribution < -0.4 is 4.43 Å². The molecule has 0 saturated carbocycles. The van der Waals surface area contributed by atoms with E-state index in [2.05, 4.69) is 49.4 Å². The molecule has 0 aliphatic carbocycles. The Morgan fingerprint density at radius 3 is 2.33 bits per heavy atom. The summed E-state index contributed by atoms with van der Waals surface area (Å²) in [5.41, 5.74) is 3.96. The molecule has 2 rings (SSSR count). The molecule has 0 unspecified atom stereocenters. The fourth-order valence-corrected chi connectivity index (χ4v) is 2.59. The van der Waals surface area contributed by atoms with Crippen LogP contribution in [0.5, 0.6) is 5.75 Å². The second-order valence-electron chi connectivity index (χ2n) is 4.46. The van der Waals surface area contributed by atoms with Crippen molar-refractivity contribution in [2.24, 2.45) is 0 Å². The molecule has 0 radical (unpaired) electrons. The number of aryl methyl sites for hydroxylation is 1. The maximum absolute atomic E-state index is 5.60. The van der Waals surface area contributed by atoms with Gasteiger partial charge in [0, 0.05) is 5.56 Å². The highest BCUT2D eigenvalue weighted by atomic mass is 28.2. The van der Waals surface area contributed by atoms with Crippen molar-refractivity contribution in [1.82, 2.24) is 0 Å². The van der Waals surface area contributed by atoms with Gasteiger partial charge in [-0.2, -0.15) is 0 Å². The third kappa shape index (κ3) is 2.82. The van der Waals surface area contributed by atoms with Crippen LogP contribution in [0.4, 0.5) is 0 Å². The summed E-state index contributed by atoms with van der Waals surface area (Å²) in [6.07, 6.45) is 3.61. The Hall–Kier alpha value is -1.54. The van der Waals surface area contributed by atoms with E-state index in [0.717, 1.165) is 22.7 Å². The molecule has 0 fully saturated rings. The molecule has 0 aliphatic heterocycles. The summed E-state index contributed by atoms with van der Waals surface area (Å²) in [5.74, 6) is 1.01. The molecule has 0 bridgehead atoms. The van der Waals surface area contributed by atoms with Gasteiger partial charge in [-0.05, 0) is 30.0 Å². The normalized spacial score (nSPS) is 10.5. The predicted molar refractivity (Wildman–Crippen MR) is 81.1 cm³/mol. The zero-order chi connectivity index (χ0) is 12.8. The second-order valence-corrected chi connectivity index (χ2v) is 4.87. The van der Waals surface area contributed by atoms with Gasteiger partial charge in [0.25, 0.3) is 0 Å². The molecule has 18 heavy (non-hydrogen) atoms. The van der Waals surface area contributed by atoms with E-state index in [-0.39, 0.29) is 0 Å². The van der Waals surface area contributed by atoms with Gasteiger partial charge >= 0.3 is 0 Å². The minimum absolute atomic E-state index is 0.727. The molecular weight excluding hydrogens is 236 g/mol. The zero-order valence-corrected chi connectivity index (χ0v) is 13.1. The third-order valence-electron chi connectivity index (χ3n) is 3.21. The lowest BCUT2D eigenvalue weighted by atomic mass is 9.96. The highest BCUT2D eigenvalue weighted by Crippen LogP contribution is 2.32. The Balaban J connectivity index is 2.43. The largest absolute Gasteiger partial charge is 0.553 e. The number of para-hydroxylation sites is 1. The average Bonchev–Trinajstić information content (AvgIpc) is 2.45. The molecule has 2 heteroatoms. The summed E-state index contributed by atoms with van der Waals surface area (Å²) in [6.45, 7) is 2.23. The molecule has 0 atom stereocenters. The van der Waals surface area contributed by atoms with Crippen molar-refractivity contribution in [2.45, 2.75) is 26.2 Å². The summed E-state index contributed by atoms with van der Waals surface area (Å²) >= 11 is 0. The quantitative estimate of drug-likeness (QED) is 0.745. The Bertz CT molecular complexity index is 508. The lowest BCUT2D eigenvalue weighted by Crippen LogP contribution is -1.93. The fourth-order valence-electron chi connectivity index (χ4n) is 2.24. The van der Waals surface area contributed by atoms with Crippen LogP contribution in [0, 0.1) is 0 Å². The molecular formula is C16H20OSi. The highest BCUT2D eigenvalue weighted by molar-refractivity contribution is 6.00. The number of hydrogen-bond acceptors (Lipinski definition) is 1. The van der Waals surface area contributed by atoms with Crippen LogP contribution in [0.1, 0.15) is 25.3 Å². The van der Waals surface area contributed by atoms with Gasteiger partial charge in [-0.15, -0.1) is 0 Å². The summed E-state index contributed by atoms with van der Waals surface area (Å²) in [4.78, 5) is 0. The van der Waals surface area contributed by atoms with Crippen molar-refractivity contribution in [1.29, 1.82) is 0 Å². The topological polar surface area (TPSA) is 9.23 Å². The monoisotopic (exact) mass is 256 g/mol. The number of benzene rings is 2. The van der Waals surface area contributed by atoms with Gasteiger partial charge in [-0.3, -0.25) is 0 Å². The average molecular weight is 256 g/mol. The van der Waals surface area contributed by atoms with Crippen molar-refractivity contribution >= 4 is 10.5 Å². The molecule has 0 saturated heterocycles. The Morgan fingerprint density at radius 2 is 1.61 bits per heavy atom. The van der Waals surface area contributed by atoms with E-state index in [1.54, 1.807) is 0 Å². The van der Waals surface area contributed by atoms with Crippen molar-refractivity contribution < 1.29 is 4.43 Å². The molecule has 94 valence electrons. The van der Waals surface area contributed by atoms with Crippen LogP contribution in [0.15, 0.2) is 48.5 Å². The van der Waals surface area contributed by atoms with Crippen molar-refractivity contribution in [2.75, 3.05) is 0 Å². The van der Waals surface area contributed by atoms with Crippen LogP contribution in [-0.4, -0.2) is 10.5 Å². The zero-order valence-electron chi connectivity index (χ0n) is 11.1. The standard InChI is InChI=1S/C16H20OSi/c1-2-3-8-13-9-4-5-10-14(13)15-11-6-7-12-16(15)17-18/h4-7,9-12H,2-3,8H2,1,18H3. The van der Waals surface area contributed by atoms with E-state index in [9.17, 15) is 0 Å². The Labute approximate surface area is 112 Å². The van der Waals surface area contributed by atoms with Crippen LogP contribution in [0.25, 0.3) is 11.1 Å². The van der Waals surface area contributed by atoms with E-state index in [4.69, 9.17) is 4.43 Å². The second kappa shape index (κ2) is 6.41. The van der Waals surface area contributed by atoms with Crippen molar-refractivity contribution in [3.63, 3.8) is 0 Å². The number of unbranched alkanes of at least 4 members (excludes halogenated alkanes) is 1. The van der Waals surface area contributed by atoms with Gasteiger partial charge in [0.2, 0.25) is 10.5 Å². The molecule has 0 amide bonds. The first-order chi connectivity index (χ1) is 8.86. The molecule has 1 nitrogen and oxygen atoms in total. The first-order valence-corrected chi connectivity index (χ1v) is 7.39. The summed E-state index contributed by atoms with van der Waals surface area (Å²) < 4.78 is 5.60. The maximum Gasteiger partial charge on any atom is 0.204 e. The van der Waals surface area contributed by atoms with Gasteiger partial charge in [-0.1, -0.05) is 55.8 Å². The number of hydrogen-bond donors (Lipinski definition) is 0. The first-order valence-electron chi connectivity index (χ1n) is 6.58.